The van der Waals surface area contributed by atoms with Gasteiger partial charge in [0.05, 0.1) is 5.02 Å². The van der Waals surface area contributed by atoms with E-state index in [0.29, 0.717) is 5.69 Å². The molecule has 0 aliphatic heterocycles. The molecular weight excluding hydrogens is 246 g/mol. The van der Waals surface area contributed by atoms with Crippen molar-refractivity contribution in [3.63, 3.8) is 0 Å². The number of anilines is 2. The zero-order valence-corrected chi connectivity index (χ0v) is 9.72. The molecule has 0 bridgehead atoms. The normalized spacial score (nSPS) is 10.4. The fraction of sp³-hybridized carbons (Fsp3) is 0.0833. The first-order chi connectivity index (χ1) is 8.06. The highest BCUT2D eigenvalue weighted by Gasteiger charge is 2.07. The van der Waals surface area contributed by atoms with Gasteiger partial charge >= 0.3 is 0 Å². The van der Waals surface area contributed by atoms with Gasteiger partial charge in [-0.1, -0.05) is 17.7 Å². The Kier molecular flexibility index (Phi) is 3.24. The highest BCUT2D eigenvalue weighted by molar-refractivity contribution is 6.30. The molecule has 2 aromatic rings. The number of hydrogen-bond donors (Lipinski definition) is 1. The molecule has 5 heteroatoms. The number of benzene rings is 1. The molecule has 0 atom stereocenters. The van der Waals surface area contributed by atoms with Crippen LogP contribution in [-0.4, -0.2) is 4.98 Å². The van der Waals surface area contributed by atoms with Crippen molar-refractivity contribution in [1.29, 1.82) is 0 Å². The summed E-state index contributed by atoms with van der Waals surface area (Å²) >= 11 is 5.59. The SMILES string of the molecule is Cc1ccc(F)cc1Nc1ncc(Cl)cc1F. The number of hydrogen-bond acceptors (Lipinski definition) is 2. The lowest BCUT2D eigenvalue weighted by Gasteiger charge is -2.09. The van der Waals surface area contributed by atoms with Crippen LogP contribution in [-0.2, 0) is 0 Å². The van der Waals surface area contributed by atoms with Crippen LogP contribution in [0, 0.1) is 18.6 Å². The molecule has 88 valence electrons. The summed E-state index contributed by atoms with van der Waals surface area (Å²) in [6.45, 7) is 1.79. The Morgan fingerprint density at radius 2 is 2.00 bits per heavy atom. The molecule has 0 radical (unpaired) electrons. The summed E-state index contributed by atoms with van der Waals surface area (Å²) in [5, 5.41) is 2.94. The second kappa shape index (κ2) is 4.67. The molecule has 0 fully saturated rings. The summed E-state index contributed by atoms with van der Waals surface area (Å²) in [4.78, 5) is 3.80. The lowest BCUT2D eigenvalue weighted by atomic mass is 10.2. The molecule has 1 aromatic carbocycles. The third kappa shape index (κ3) is 2.71. The van der Waals surface area contributed by atoms with E-state index in [2.05, 4.69) is 10.3 Å². The Morgan fingerprint density at radius 1 is 1.24 bits per heavy atom. The fourth-order valence-electron chi connectivity index (χ4n) is 1.36. The zero-order valence-electron chi connectivity index (χ0n) is 8.97. The zero-order chi connectivity index (χ0) is 12.4. The van der Waals surface area contributed by atoms with Gasteiger partial charge in [-0.25, -0.2) is 13.8 Å². The Hall–Kier alpha value is -1.68. The number of rotatable bonds is 2. The van der Waals surface area contributed by atoms with Crippen LogP contribution in [0.4, 0.5) is 20.3 Å². The minimum atomic E-state index is -0.582. The van der Waals surface area contributed by atoms with E-state index in [1.54, 1.807) is 13.0 Å². The third-order valence-electron chi connectivity index (χ3n) is 2.26. The van der Waals surface area contributed by atoms with Gasteiger partial charge in [0, 0.05) is 11.9 Å². The first-order valence-electron chi connectivity index (χ1n) is 4.90. The molecule has 2 rings (SSSR count). The van der Waals surface area contributed by atoms with E-state index >= 15 is 0 Å². The highest BCUT2D eigenvalue weighted by Crippen LogP contribution is 2.23. The molecule has 17 heavy (non-hydrogen) atoms. The van der Waals surface area contributed by atoms with Crippen LogP contribution < -0.4 is 5.32 Å². The van der Waals surface area contributed by atoms with Crippen molar-refractivity contribution < 1.29 is 8.78 Å². The number of aromatic nitrogens is 1. The standard InChI is InChI=1S/C12H9ClF2N2/c1-7-2-3-9(14)5-11(7)17-12-10(15)4-8(13)6-16-12/h2-6H,1H3,(H,16,17). The predicted octanol–water partition coefficient (Wildman–Crippen LogP) is 4.07. The van der Waals surface area contributed by atoms with Crippen molar-refractivity contribution in [3.05, 3.63) is 52.7 Å². The van der Waals surface area contributed by atoms with Crippen molar-refractivity contribution in [3.8, 4) is 0 Å². The largest absolute Gasteiger partial charge is 0.337 e. The smallest absolute Gasteiger partial charge is 0.167 e. The van der Waals surface area contributed by atoms with Crippen LogP contribution in [0.2, 0.25) is 5.02 Å². The molecular formula is C12H9ClF2N2. The monoisotopic (exact) mass is 254 g/mol. The van der Waals surface area contributed by atoms with Gasteiger partial charge in [0.25, 0.3) is 0 Å². The first-order valence-corrected chi connectivity index (χ1v) is 5.28. The summed E-state index contributed by atoms with van der Waals surface area (Å²) in [5.41, 5.74) is 1.27. The highest BCUT2D eigenvalue weighted by atomic mass is 35.5. The fourth-order valence-corrected chi connectivity index (χ4v) is 1.51. The lowest BCUT2D eigenvalue weighted by molar-refractivity contribution is 0.624. The van der Waals surface area contributed by atoms with Crippen LogP contribution in [0.15, 0.2) is 30.5 Å². The third-order valence-corrected chi connectivity index (χ3v) is 2.47. The van der Waals surface area contributed by atoms with E-state index in [-0.39, 0.29) is 10.8 Å². The van der Waals surface area contributed by atoms with Crippen LogP contribution in [0.1, 0.15) is 5.56 Å². The van der Waals surface area contributed by atoms with Gasteiger partial charge in [0.1, 0.15) is 5.82 Å². The number of pyridine rings is 1. The summed E-state index contributed by atoms with van der Waals surface area (Å²) in [6.07, 6.45) is 1.32. The number of nitrogens with one attached hydrogen (secondary N) is 1. The second-order valence-electron chi connectivity index (χ2n) is 3.57. The van der Waals surface area contributed by atoms with Crippen LogP contribution in [0.25, 0.3) is 0 Å². The topological polar surface area (TPSA) is 24.9 Å². The molecule has 0 aliphatic rings. The molecule has 0 aliphatic carbocycles. The van der Waals surface area contributed by atoms with Crippen molar-refractivity contribution in [1.82, 2.24) is 4.98 Å². The van der Waals surface area contributed by atoms with Crippen molar-refractivity contribution in [2.75, 3.05) is 5.32 Å². The quantitative estimate of drug-likeness (QED) is 0.874. The Morgan fingerprint density at radius 3 is 2.71 bits per heavy atom. The number of aryl methyl sites for hydroxylation is 1. The van der Waals surface area contributed by atoms with Gasteiger partial charge in [-0.3, -0.25) is 0 Å². The summed E-state index contributed by atoms with van der Waals surface area (Å²) < 4.78 is 26.5. The maximum Gasteiger partial charge on any atom is 0.167 e. The van der Waals surface area contributed by atoms with Crippen molar-refractivity contribution in [2.45, 2.75) is 6.92 Å². The minimum Gasteiger partial charge on any atom is -0.337 e. The lowest BCUT2D eigenvalue weighted by Crippen LogP contribution is -1.99. The van der Waals surface area contributed by atoms with Gasteiger partial charge in [-0.2, -0.15) is 0 Å². The van der Waals surface area contributed by atoms with Gasteiger partial charge in [-0.05, 0) is 30.7 Å². The average molecular weight is 255 g/mol. The van der Waals surface area contributed by atoms with E-state index in [0.717, 1.165) is 11.6 Å². The molecule has 1 heterocycles. The Balaban J connectivity index is 2.34. The Labute approximate surface area is 102 Å². The summed E-state index contributed by atoms with van der Waals surface area (Å²) in [6, 6.07) is 5.37. The van der Waals surface area contributed by atoms with E-state index in [4.69, 9.17) is 11.6 Å². The Bertz CT molecular complexity index is 558. The second-order valence-corrected chi connectivity index (χ2v) is 4.00. The maximum absolute atomic E-state index is 13.5. The molecule has 0 amide bonds. The number of nitrogens with zero attached hydrogens (tertiary/aromatic N) is 1. The summed E-state index contributed by atoms with van der Waals surface area (Å²) in [7, 11) is 0. The molecule has 1 aromatic heterocycles. The van der Waals surface area contributed by atoms with Crippen molar-refractivity contribution in [2.24, 2.45) is 0 Å². The van der Waals surface area contributed by atoms with Gasteiger partial charge in [-0.15, -0.1) is 0 Å². The molecule has 2 nitrogen and oxygen atoms in total. The van der Waals surface area contributed by atoms with Crippen LogP contribution in [0.5, 0.6) is 0 Å². The van der Waals surface area contributed by atoms with Crippen LogP contribution >= 0.6 is 11.6 Å². The van der Waals surface area contributed by atoms with Gasteiger partial charge in [0.15, 0.2) is 11.6 Å². The minimum absolute atomic E-state index is 0.0168. The molecule has 0 spiro atoms. The predicted molar refractivity (Wildman–Crippen MR) is 63.6 cm³/mol. The van der Waals surface area contributed by atoms with E-state index in [1.807, 2.05) is 0 Å². The van der Waals surface area contributed by atoms with Crippen LogP contribution in [0.3, 0.4) is 0 Å². The first kappa shape index (κ1) is 11.8. The molecule has 0 saturated heterocycles. The molecule has 1 N–H and O–H groups in total. The van der Waals surface area contributed by atoms with Gasteiger partial charge in [0.2, 0.25) is 0 Å². The van der Waals surface area contributed by atoms with E-state index in [9.17, 15) is 8.78 Å². The van der Waals surface area contributed by atoms with Crippen molar-refractivity contribution >= 4 is 23.1 Å². The summed E-state index contributed by atoms with van der Waals surface area (Å²) in [5.74, 6) is -0.961. The molecule has 0 saturated carbocycles. The maximum atomic E-state index is 13.5. The van der Waals surface area contributed by atoms with E-state index < -0.39 is 11.6 Å². The van der Waals surface area contributed by atoms with E-state index in [1.165, 1.54) is 18.3 Å². The molecule has 0 unspecified atom stereocenters. The van der Waals surface area contributed by atoms with Gasteiger partial charge < -0.3 is 5.32 Å². The average Bonchev–Trinajstić information content (AvgIpc) is 2.27. The number of halogens is 3.